The van der Waals surface area contributed by atoms with E-state index in [0.29, 0.717) is 50.8 Å². The molecule has 19 nitrogen and oxygen atoms in total. The van der Waals surface area contributed by atoms with Crippen molar-refractivity contribution in [3.8, 4) is 0 Å². The van der Waals surface area contributed by atoms with Gasteiger partial charge in [-0.3, -0.25) is 31.3 Å². The number of rotatable bonds is 21. The molecule has 1 saturated heterocycles. The molecule has 3 atom stereocenters. The zero-order valence-corrected chi connectivity index (χ0v) is 40.2. The molecule has 7 rings (SSSR count). The highest BCUT2D eigenvalue weighted by atomic mass is 35.5. The zero-order chi connectivity index (χ0) is 48.3. The number of carbonyl (C=O) groups excluding carboxylic acids is 3. The summed E-state index contributed by atoms with van der Waals surface area (Å²) in [6.07, 6.45) is 9.84. The number of anilines is 4. The fraction of sp³-hybridized carbons (Fsp3) is 0.535. The Morgan fingerprint density at radius 3 is 1.57 bits per heavy atom. The van der Waals surface area contributed by atoms with Gasteiger partial charge in [0, 0.05) is 32.6 Å². The van der Waals surface area contributed by atoms with Crippen LogP contribution in [0.1, 0.15) is 94.6 Å². The molecule has 68 heavy (non-hydrogen) atoms. The highest BCUT2D eigenvalue weighted by Gasteiger charge is 2.29. The topological polar surface area (TPSA) is 255 Å². The maximum absolute atomic E-state index is 15.0. The average Bonchev–Trinajstić information content (AvgIpc) is 4.19. The number of hydrogen-bond acceptors (Lipinski definition) is 16. The quantitative estimate of drug-likeness (QED) is 0.0280. The van der Waals surface area contributed by atoms with Crippen LogP contribution in [0.25, 0.3) is 0 Å². The SMILES string of the molecule is O=C(NC[C@@H](CC1CCCC1)C(=O)NNc1nc(Cl)nc(NCc2ccsc2)c1F)OC1CCCCO1.O=C(O)NC[C@@H](CC1CCCC1)C(=O)NNc1nc(Cl)nc(NCc2ccsc2)c1F. The van der Waals surface area contributed by atoms with Crippen LogP contribution in [0.4, 0.5) is 41.6 Å². The van der Waals surface area contributed by atoms with Crippen LogP contribution >= 0.6 is 45.9 Å². The highest BCUT2D eigenvalue weighted by Crippen LogP contribution is 2.32. The van der Waals surface area contributed by atoms with Gasteiger partial charge >= 0.3 is 12.2 Å². The average molecular weight is 1030 g/mol. The fourth-order valence-corrected chi connectivity index (χ4v) is 9.76. The van der Waals surface area contributed by atoms with Crippen molar-refractivity contribution in [2.24, 2.45) is 23.7 Å². The van der Waals surface area contributed by atoms with E-state index >= 15 is 0 Å². The molecule has 3 fully saturated rings. The van der Waals surface area contributed by atoms with Gasteiger partial charge in [0.1, 0.15) is 0 Å². The lowest BCUT2D eigenvalue weighted by Gasteiger charge is -2.24. The van der Waals surface area contributed by atoms with Gasteiger partial charge in [0.25, 0.3) is 0 Å². The van der Waals surface area contributed by atoms with Gasteiger partial charge in [-0.1, -0.05) is 51.4 Å². The second kappa shape index (κ2) is 27.0. The van der Waals surface area contributed by atoms with E-state index in [0.717, 1.165) is 75.3 Å². The molecule has 0 bridgehead atoms. The second-order valence-electron chi connectivity index (χ2n) is 16.6. The molecule has 0 aromatic carbocycles. The van der Waals surface area contributed by atoms with Gasteiger partial charge in [-0.15, -0.1) is 0 Å². The molecule has 1 aliphatic heterocycles. The molecule has 3 aliphatic rings. The summed E-state index contributed by atoms with van der Waals surface area (Å²) in [7, 11) is 0. The number of ether oxygens (including phenoxy) is 2. The van der Waals surface area contributed by atoms with Gasteiger partial charge in [-0.2, -0.15) is 51.4 Å². The van der Waals surface area contributed by atoms with Crippen LogP contribution in [0.15, 0.2) is 33.7 Å². The molecular weight excluding hydrogens is 970 g/mol. The number of nitrogens with zero attached hydrogens (tertiary/aromatic N) is 4. The Kier molecular flexibility index (Phi) is 20.6. The van der Waals surface area contributed by atoms with Gasteiger partial charge in [-0.25, -0.2) is 9.59 Å². The van der Waals surface area contributed by atoms with E-state index in [1.807, 2.05) is 33.7 Å². The number of carboxylic acid groups (broad SMARTS) is 1. The number of carbonyl (C=O) groups is 4. The van der Waals surface area contributed by atoms with Crippen LogP contribution in [-0.2, 0) is 32.2 Å². The van der Waals surface area contributed by atoms with Crippen LogP contribution in [0.5, 0.6) is 0 Å². The number of halogens is 4. The maximum Gasteiger partial charge on any atom is 0.409 e. The number of amides is 4. The van der Waals surface area contributed by atoms with Crippen molar-refractivity contribution in [1.82, 2.24) is 41.4 Å². The lowest BCUT2D eigenvalue weighted by atomic mass is 9.92. The minimum absolute atomic E-state index is 0.0280. The first kappa shape index (κ1) is 52.0. The summed E-state index contributed by atoms with van der Waals surface area (Å²) in [5.74, 6) is -3.55. The van der Waals surface area contributed by atoms with Crippen LogP contribution in [-0.4, -0.2) is 75.0 Å². The standard InChI is InChI=1S/C24H32ClFN6O4S.C19H24ClFN6O3S/c25-23-29-20(27-12-16-8-10-37-14-16)19(26)21(30-23)31-32-22(33)17(11-15-5-1-2-6-15)13-28-24(34)36-18-7-3-4-9-35-18;20-18-24-15(22-8-12-5-6-31-10-12)14(21)16(25-18)26-27-17(28)13(9-23-19(29)30)7-11-3-1-2-4-11/h8,10,14-15,17-18H,1-7,9,11-13H2,(H,28,34)(H,32,33)(H2,27,29,30,31);5-6,10-11,13,23H,1-4,7-9H2,(H,27,28)(H,29,30)(H2,22,24,25,26)/t17-,18?;13-/m11/s1. The molecule has 1 unspecified atom stereocenters. The number of nitrogens with one attached hydrogen (secondary N) is 8. The third kappa shape index (κ3) is 17.0. The molecule has 9 N–H and O–H groups in total. The van der Waals surface area contributed by atoms with Crippen LogP contribution in [0.3, 0.4) is 0 Å². The normalized spacial score (nSPS) is 16.9. The molecule has 2 saturated carbocycles. The molecular formula is C43H56Cl2F2N12O7S2. The lowest BCUT2D eigenvalue weighted by Crippen LogP contribution is -2.43. The van der Waals surface area contributed by atoms with Crippen molar-refractivity contribution in [3.05, 3.63) is 67.0 Å². The van der Waals surface area contributed by atoms with Crippen LogP contribution in [0.2, 0.25) is 10.6 Å². The smallest absolute Gasteiger partial charge is 0.409 e. The van der Waals surface area contributed by atoms with Gasteiger partial charge in [0.2, 0.25) is 40.3 Å². The largest absolute Gasteiger partial charge is 0.465 e. The number of aromatic nitrogens is 4. The van der Waals surface area contributed by atoms with E-state index in [4.69, 9.17) is 37.8 Å². The van der Waals surface area contributed by atoms with E-state index < -0.39 is 53.8 Å². The summed E-state index contributed by atoms with van der Waals surface area (Å²) in [6.45, 7) is 1.32. The summed E-state index contributed by atoms with van der Waals surface area (Å²) in [5.41, 5.74) is 11.9. The van der Waals surface area contributed by atoms with Gasteiger partial charge < -0.3 is 35.8 Å². The van der Waals surface area contributed by atoms with E-state index in [2.05, 4.69) is 62.9 Å². The van der Waals surface area contributed by atoms with Crippen molar-refractivity contribution >= 4 is 93.1 Å². The Bertz CT molecular complexity index is 2240. The van der Waals surface area contributed by atoms with E-state index in [1.54, 1.807) is 0 Å². The van der Waals surface area contributed by atoms with Crippen molar-refractivity contribution in [2.45, 2.75) is 103 Å². The summed E-state index contributed by atoms with van der Waals surface area (Å²) in [4.78, 5) is 64.3. The summed E-state index contributed by atoms with van der Waals surface area (Å²) in [5, 5.41) is 26.9. The minimum Gasteiger partial charge on any atom is -0.465 e. The molecule has 25 heteroatoms. The summed E-state index contributed by atoms with van der Waals surface area (Å²) in [6, 6.07) is 3.81. The third-order valence-electron chi connectivity index (χ3n) is 11.6. The van der Waals surface area contributed by atoms with Gasteiger partial charge in [0.15, 0.2) is 23.3 Å². The van der Waals surface area contributed by atoms with Crippen LogP contribution < -0.4 is 43.0 Å². The Labute approximate surface area is 410 Å². The van der Waals surface area contributed by atoms with Crippen LogP contribution in [0, 0.1) is 35.3 Å². The monoisotopic (exact) mass is 1020 g/mol. The molecule has 4 amide bonds. The Morgan fingerprint density at radius 1 is 0.691 bits per heavy atom. The molecule has 5 heterocycles. The molecule has 4 aromatic rings. The van der Waals surface area contributed by atoms with E-state index in [9.17, 15) is 28.0 Å². The lowest BCUT2D eigenvalue weighted by molar-refractivity contribution is -0.128. The van der Waals surface area contributed by atoms with Crippen molar-refractivity contribution in [1.29, 1.82) is 0 Å². The number of hydrogen-bond donors (Lipinski definition) is 9. The highest BCUT2D eigenvalue weighted by molar-refractivity contribution is 7.08. The van der Waals surface area contributed by atoms with Gasteiger partial charge in [-0.05, 0) is 106 Å². The Hall–Kier alpha value is -5.36. The van der Waals surface area contributed by atoms with Crippen molar-refractivity contribution in [3.63, 3.8) is 0 Å². The van der Waals surface area contributed by atoms with Crippen molar-refractivity contribution in [2.75, 3.05) is 41.2 Å². The second-order valence-corrected chi connectivity index (χ2v) is 18.9. The molecule has 370 valence electrons. The predicted octanol–water partition coefficient (Wildman–Crippen LogP) is 8.69. The first-order valence-corrected chi connectivity index (χ1v) is 25.1. The van der Waals surface area contributed by atoms with Gasteiger partial charge in [0.05, 0.1) is 18.4 Å². The Balaban J connectivity index is 0.000000228. The summed E-state index contributed by atoms with van der Waals surface area (Å²) < 4.78 is 40.5. The molecule has 2 aliphatic carbocycles. The minimum atomic E-state index is -1.20. The molecule has 0 spiro atoms. The predicted molar refractivity (Wildman–Crippen MR) is 255 cm³/mol. The molecule has 4 aromatic heterocycles. The fourth-order valence-electron chi connectivity index (χ4n) is 8.09. The number of alkyl carbamates (subject to hydrolysis) is 1. The third-order valence-corrected chi connectivity index (χ3v) is 13.4. The van der Waals surface area contributed by atoms with E-state index in [1.165, 1.54) is 22.7 Å². The first-order chi connectivity index (χ1) is 32.9. The van der Waals surface area contributed by atoms with Crippen molar-refractivity contribution < 1.29 is 42.5 Å². The maximum atomic E-state index is 15.0. The number of hydrazine groups is 2. The Morgan fingerprint density at radius 2 is 1.15 bits per heavy atom. The van der Waals surface area contributed by atoms with E-state index in [-0.39, 0.29) is 46.9 Å². The molecule has 0 radical (unpaired) electrons. The first-order valence-electron chi connectivity index (χ1n) is 22.5. The zero-order valence-electron chi connectivity index (χ0n) is 37.1. The summed E-state index contributed by atoms with van der Waals surface area (Å²) >= 11 is 14.9. The number of thiophene rings is 2.